The van der Waals surface area contributed by atoms with Gasteiger partial charge in [0.25, 0.3) is 0 Å². The largest absolute Gasteiger partial charge is 0.493 e. The van der Waals surface area contributed by atoms with Crippen LogP contribution in [0.25, 0.3) is 0 Å². The molecule has 4 nitrogen and oxygen atoms in total. The van der Waals surface area contributed by atoms with Gasteiger partial charge in [-0.2, -0.15) is 0 Å². The van der Waals surface area contributed by atoms with Crippen LogP contribution in [0, 0.1) is 0 Å². The van der Waals surface area contributed by atoms with Crippen molar-refractivity contribution in [3.63, 3.8) is 0 Å². The second-order valence-electron chi connectivity index (χ2n) is 7.06. The Bertz CT molecular complexity index is 725. The standard InChI is InChI=1S/C21H27NO3S/c1-23-18-12-15-8-9-22(14-16-6-3-4-10-25-16)21(20-7-5-11-26-20)17(15)13-19(18)24-2/h5,7,11-13,16,21H,3-4,6,8-10,14H2,1-2H3/t16-,21-/m1/s1. The number of fused-ring (bicyclic) bond motifs is 1. The predicted molar refractivity (Wildman–Crippen MR) is 105 cm³/mol. The number of ether oxygens (including phenoxy) is 3. The average Bonchev–Trinajstić information content (AvgIpc) is 3.21. The first kappa shape index (κ1) is 17.8. The summed E-state index contributed by atoms with van der Waals surface area (Å²) in [5.74, 6) is 1.63. The highest BCUT2D eigenvalue weighted by Gasteiger charge is 2.32. The molecule has 140 valence electrons. The second-order valence-corrected chi connectivity index (χ2v) is 8.04. The van der Waals surface area contributed by atoms with Crippen LogP contribution < -0.4 is 9.47 Å². The zero-order chi connectivity index (χ0) is 17.9. The minimum absolute atomic E-state index is 0.268. The fraction of sp³-hybridized carbons (Fsp3) is 0.524. The Kier molecular flexibility index (Phi) is 5.48. The number of thiophene rings is 1. The van der Waals surface area contributed by atoms with Gasteiger partial charge < -0.3 is 14.2 Å². The lowest BCUT2D eigenvalue weighted by molar-refractivity contribution is -0.0120. The van der Waals surface area contributed by atoms with E-state index in [9.17, 15) is 0 Å². The van der Waals surface area contributed by atoms with E-state index in [1.165, 1.54) is 35.3 Å². The molecule has 0 radical (unpaired) electrons. The van der Waals surface area contributed by atoms with Crippen LogP contribution in [0.1, 0.15) is 41.3 Å². The minimum Gasteiger partial charge on any atom is -0.493 e. The van der Waals surface area contributed by atoms with Gasteiger partial charge in [0.15, 0.2) is 11.5 Å². The van der Waals surface area contributed by atoms with Crippen molar-refractivity contribution in [2.75, 3.05) is 33.9 Å². The molecule has 0 saturated carbocycles. The number of nitrogens with zero attached hydrogens (tertiary/aromatic N) is 1. The molecule has 1 fully saturated rings. The zero-order valence-electron chi connectivity index (χ0n) is 15.6. The smallest absolute Gasteiger partial charge is 0.161 e. The Balaban J connectivity index is 1.69. The molecule has 0 aliphatic carbocycles. The normalized spacial score (nSPS) is 23.5. The Labute approximate surface area is 159 Å². The molecule has 0 spiro atoms. The summed E-state index contributed by atoms with van der Waals surface area (Å²) in [4.78, 5) is 3.98. The fourth-order valence-corrected chi connectivity index (χ4v) is 5.06. The van der Waals surface area contributed by atoms with Crippen LogP contribution in [0.4, 0.5) is 0 Å². The summed E-state index contributed by atoms with van der Waals surface area (Å²) in [5, 5.41) is 2.17. The van der Waals surface area contributed by atoms with Gasteiger partial charge in [-0.25, -0.2) is 0 Å². The van der Waals surface area contributed by atoms with E-state index in [1.807, 2.05) is 11.3 Å². The van der Waals surface area contributed by atoms with Crippen molar-refractivity contribution in [1.82, 2.24) is 4.90 Å². The van der Waals surface area contributed by atoms with E-state index in [2.05, 4.69) is 34.5 Å². The molecule has 5 heteroatoms. The summed E-state index contributed by atoms with van der Waals surface area (Å²) in [6, 6.07) is 8.99. The highest BCUT2D eigenvalue weighted by molar-refractivity contribution is 7.10. The minimum atomic E-state index is 0.268. The second kappa shape index (κ2) is 7.99. The van der Waals surface area contributed by atoms with Crippen molar-refractivity contribution in [2.24, 2.45) is 0 Å². The molecule has 0 unspecified atom stereocenters. The molecule has 1 aromatic carbocycles. The molecule has 1 aromatic heterocycles. The summed E-state index contributed by atoms with van der Waals surface area (Å²) in [7, 11) is 3.41. The first-order valence-corrected chi connectivity index (χ1v) is 10.3. The first-order valence-electron chi connectivity index (χ1n) is 9.44. The first-order chi connectivity index (χ1) is 12.8. The van der Waals surface area contributed by atoms with Crippen molar-refractivity contribution in [3.05, 3.63) is 45.6 Å². The van der Waals surface area contributed by atoms with Crippen LogP contribution in [-0.2, 0) is 11.2 Å². The summed E-state index contributed by atoms with van der Waals surface area (Å²) in [6.45, 7) is 2.95. The third-order valence-electron chi connectivity index (χ3n) is 5.50. The number of hydrogen-bond acceptors (Lipinski definition) is 5. The molecule has 0 amide bonds. The van der Waals surface area contributed by atoms with E-state index in [-0.39, 0.29) is 6.04 Å². The van der Waals surface area contributed by atoms with Gasteiger partial charge in [0, 0.05) is 24.6 Å². The van der Waals surface area contributed by atoms with Crippen molar-refractivity contribution in [1.29, 1.82) is 0 Å². The van der Waals surface area contributed by atoms with E-state index < -0.39 is 0 Å². The van der Waals surface area contributed by atoms with Crippen LogP contribution in [0.3, 0.4) is 0 Å². The molecule has 26 heavy (non-hydrogen) atoms. The Morgan fingerprint density at radius 1 is 1.19 bits per heavy atom. The summed E-state index contributed by atoms with van der Waals surface area (Å²) in [5.41, 5.74) is 2.70. The highest BCUT2D eigenvalue weighted by atomic mass is 32.1. The Morgan fingerprint density at radius 3 is 2.73 bits per heavy atom. The number of rotatable bonds is 5. The molecule has 3 heterocycles. The highest BCUT2D eigenvalue weighted by Crippen LogP contribution is 2.42. The van der Waals surface area contributed by atoms with Crippen molar-refractivity contribution in [3.8, 4) is 11.5 Å². The van der Waals surface area contributed by atoms with Gasteiger partial charge in [-0.1, -0.05) is 6.07 Å². The molecule has 2 aliphatic rings. The van der Waals surface area contributed by atoms with Gasteiger partial charge in [0.1, 0.15) is 0 Å². The number of benzene rings is 1. The summed E-state index contributed by atoms with van der Waals surface area (Å²) < 4.78 is 17.1. The molecule has 0 bridgehead atoms. The molecular weight excluding hydrogens is 346 g/mol. The van der Waals surface area contributed by atoms with E-state index in [4.69, 9.17) is 14.2 Å². The summed E-state index contributed by atoms with van der Waals surface area (Å²) in [6.07, 6.45) is 5.04. The van der Waals surface area contributed by atoms with Crippen molar-refractivity contribution < 1.29 is 14.2 Å². The molecule has 0 N–H and O–H groups in total. The maximum Gasteiger partial charge on any atom is 0.161 e. The lowest BCUT2D eigenvalue weighted by Gasteiger charge is -2.39. The van der Waals surface area contributed by atoms with Crippen LogP contribution in [0.5, 0.6) is 11.5 Å². The third kappa shape index (κ3) is 3.48. The SMILES string of the molecule is COc1cc2c(cc1OC)[C@H](c1cccs1)N(C[C@H]1CCCCO1)CC2. The van der Waals surface area contributed by atoms with Crippen LogP contribution in [0.2, 0.25) is 0 Å². The molecule has 2 aromatic rings. The predicted octanol–water partition coefficient (Wildman–Crippen LogP) is 4.28. The number of hydrogen-bond donors (Lipinski definition) is 0. The van der Waals surface area contributed by atoms with E-state index >= 15 is 0 Å². The monoisotopic (exact) mass is 373 g/mol. The van der Waals surface area contributed by atoms with E-state index in [0.717, 1.165) is 37.6 Å². The Morgan fingerprint density at radius 2 is 2.04 bits per heavy atom. The molecular formula is C21H27NO3S. The quantitative estimate of drug-likeness (QED) is 0.783. The Hall–Kier alpha value is -1.56. The summed E-state index contributed by atoms with van der Waals surface area (Å²) >= 11 is 1.83. The average molecular weight is 374 g/mol. The van der Waals surface area contributed by atoms with Crippen LogP contribution in [-0.4, -0.2) is 44.9 Å². The topological polar surface area (TPSA) is 30.9 Å². The maximum atomic E-state index is 6.03. The van der Waals surface area contributed by atoms with Crippen LogP contribution in [0.15, 0.2) is 29.6 Å². The van der Waals surface area contributed by atoms with Gasteiger partial charge in [-0.05, 0) is 60.4 Å². The van der Waals surface area contributed by atoms with Crippen molar-refractivity contribution >= 4 is 11.3 Å². The van der Waals surface area contributed by atoms with E-state index in [0.29, 0.717) is 6.10 Å². The van der Waals surface area contributed by atoms with Crippen molar-refractivity contribution in [2.45, 2.75) is 37.8 Å². The molecule has 4 rings (SSSR count). The van der Waals surface area contributed by atoms with Gasteiger partial charge in [0.05, 0.1) is 26.4 Å². The van der Waals surface area contributed by atoms with Crippen LogP contribution >= 0.6 is 11.3 Å². The third-order valence-corrected chi connectivity index (χ3v) is 6.42. The van der Waals surface area contributed by atoms with Gasteiger partial charge in [-0.15, -0.1) is 11.3 Å². The zero-order valence-corrected chi connectivity index (χ0v) is 16.4. The van der Waals surface area contributed by atoms with Gasteiger partial charge >= 0.3 is 0 Å². The lowest BCUT2D eigenvalue weighted by Crippen LogP contribution is -2.42. The molecule has 1 saturated heterocycles. The maximum absolute atomic E-state index is 6.03. The van der Waals surface area contributed by atoms with E-state index in [1.54, 1.807) is 14.2 Å². The lowest BCUT2D eigenvalue weighted by atomic mass is 9.90. The molecule has 2 aliphatic heterocycles. The van der Waals surface area contributed by atoms with Gasteiger partial charge in [-0.3, -0.25) is 4.90 Å². The molecule has 2 atom stereocenters. The van der Waals surface area contributed by atoms with Gasteiger partial charge in [0.2, 0.25) is 0 Å². The number of methoxy groups -OCH3 is 2. The fourth-order valence-electron chi connectivity index (χ4n) is 4.19.